The highest BCUT2D eigenvalue weighted by molar-refractivity contribution is 5.97. The first-order chi connectivity index (χ1) is 13.0. The lowest BCUT2D eigenvalue weighted by Gasteiger charge is -2.33. The molecule has 9 heteroatoms. The highest BCUT2D eigenvalue weighted by Crippen LogP contribution is 2.36. The Morgan fingerprint density at radius 1 is 1.33 bits per heavy atom. The molecule has 0 aliphatic carbocycles. The second-order valence-electron chi connectivity index (χ2n) is 6.87. The van der Waals surface area contributed by atoms with Crippen LogP contribution >= 0.6 is 0 Å². The zero-order chi connectivity index (χ0) is 19.0. The van der Waals surface area contributed by atoms with Gasteiger partial charge in [0.1, 0.15) is 5.52 Å². The number of fused-ring (bicyclic) bond motifs is 1. The van der Waals surface area contributed by atoms with Crippen LogP contribution in [0.3, 0.4) is 0 Å². The molecule has 0 bridgehead atoms. The lowest BCUT2D eigenvalue weighted by Crippen LogP contribution is -2.34. The Labute approximate surface area is 155 Å². The van der Waals surface area contributed by atoms with Crippen molar-refractivity contribution in [2.75, 3.05) is 37.0 Å². The lowest BCUT2D eigenvalue weighted by atomic mass is 9.97. The number of anilines is 2. The van der Waals surface area contributed by atoms with Crippen LogP contribution < -0.4 is 9.80 Å². The Balaban J connectivity index is 1.67. The summed E-state index contributed by atoms with van der Waals surface area (Å²) in [5.74, 6) is 1.31. The summed E-state index contributed by atoms with van der Waals surface area (Å²) in [7, 11) is 3.74. The molecule has 0 N–H and O–H groups in total. The molecule has 0 amide bonds. The molecule has 3 aromatic rings. The van der Waals surface area contributed by atoms with Crippen LogP contribution in [-0.4, -0.2) is 47.2 Å². The van der Waals surface area contributed by atoms with Crippen molar-refractivity contribution in [2.24, 2.45) is 0 Å². The van der Waals surface area contributed by atoms with Gasteiger partial charge in [-0.15, -0.1) is 0 Å². The minimum absolute atomic E-state index is 0.0722. The molecule has 1 aliphatic rings. The van der Waals surface area contributed by atoms with E-state index in [0.29, 0.717) is 29.3 Å². The molecule has 0 spiro atoms. The van der Waals surface area contributed by atoms with Gasteiger partial charge in [0.15, 0.2) is 0 Å². The van der Waals surface area contributed by atoms with Crippen molar-refractivity contribution >= 4 is 28.2 Å². The smallest absolute Gasteiger partial charge is 0.278 e. The van der Waals surface area contributed by atoms with E-state index in [2.05, 4.69) is 20.0 Å². The second kappa shape index (κ2) is 6.82. The number of rotatable bonds is 4. The molecule has 140 valence electrons. The minimum atomic E-state index is -0.367. The van der Waals surface area contributed by atoms with Crippen molar-refractivity contribution in [2.45, 2.75) is 18.8 Å². The molecule has 1 unspecified atom stereocenters. The summed E-state index contributed by atoms with van der Waals surface area (Å²) in [4.78, 5) is 23.9. The first-order valence-electron chi connectivity index (χ1n) is 8.82. The van der Waals surface area contributed by atoms with Crippen LogP contribution in [0.4, 0.5) is 17.3 Å². The predicted octanol–water partition coefficient (Wildman–Crippen LogP) is 2.98. The molecule has 1 aromatic carbocycles. The van der Waals surface area contributed by atoms with Crippen molar-refractivity contribution in [3.05, 3.63) is 46.5 Å². The maximum atomic E-state index is 11.3. The number of hydrogen-bond acceptors (Lipinski definition) is 8. The fraction of sp³-hybridized carbons (Fsp3) is 0.389. The standard InChI is InChI=1S/C18H20N6O3/c1-22(2)18-20-17(27-21-18)12-5-4-10-23(11-12)15-8-7-14(24(25)26)13-6-3-9-19-16(13)15/h3,6-9,12H,4-5,10-11H2,1-2H3. The Morgan fingerprint density at radius 2 is 2.19 bits per heavy atom. The minimum Gasteiger partial charge on any atom is -0.369 e. The summed E-state index contributed by atoms with van der Waals surface area (Å²) in [5, 5.41) is 15.9. The topological polar surface area (TPSA) is 101 Å². The van der Waals surface area contributed by atoms with E-state index < -0.39 is 0 Å². The van der Waals surface area contributed by atoms with Gasteiger partial charge in [-0.1, -0.05) is 0 Å². The summed E-state index contributed by atoms with van der Waals surface area (Å²) in [6, 6.07) is 6.81. The van der Waals surface area contributed by atoms with E-state index in [4.69, 9.17) is 4.52 Å². The molecule has 0 radical (unpaired) electrons. The maximum Gasteiger partial charge on any atom is 0.278 e. The molecular weight excluding hydrogens is 348 g/mol. The number of benzene rings is 1. The van der Waals surface area contributed by atoms with Gasteiger partial charge in [-0.3, -0.25) is 15.1 Å². The number of non-ortho nitro benzene ring substituents is 1. The fourth-order valence-corrected chi connectivity index (χ4v) is 3.53. The number of nitro groups is 1. The van der Waals surface area contributed by atoms with Gasteiger partial charge < -0.3 is 14.3 Å². The number of pyridine rings is 1. The number of aromatic nitrogens is 3. The van der Waals surface area contributed by atoms with Crippen molar-refractivity contribution in [1.29, 1.82) is 0 Å². The van der Waals surface area contributed by atoms with Crippen molar-refractivity contribution < 1.29 is 9.45 Å². The number of nitro benzene ring substituents is 1. The van der Waals surface area contributed by atoms with Gasteiger partial charge in [-0.05, 0) is 36.2 Å². The van der Waals surface area contributed by atoms with Crippen molar-refractivity contribution in [1.82, 2.24) is 15.1 Å². The highest BCUT2D eigenvalue weighted by atomic mass is 16.6. The molecule has 0 saturated carbocycles. The SMILES string of the molecule is CN(C)c1noc(C2CCCN(c3ccc([N+](=O)[O-])c4cccnc34)C2)n1. The molecular formula is C18H20N6O3. The summed E-state index contributed by atoms with van der Waals surface area (Å²) in [6.07, 6.45) is 3.60. The molecule has 1 saturated heterocycles. The van der Waals surface area contributed by atoms with Gasteiger partial charge in [-0.2, -0.15) is 4.98 Å². The predicted molar refractivity (Wildman–Crippen MR) is 101 cm³/mol. The van der Waals surface area contributed by atoms with E-state index >= 15 is 0 Å². The van der Waals surface area contributed by atoms with Crippen LogP contribution in [0.1, 0.15) is 24.7 Å². The van der Waals surface area contributed by atoms with Gasteiger partial charge >= 0.3 is 0 Å². The molecule has 1 aliphatic heterocycles. The van der Waals surface area contributed by atoms with Crippen LogP contribution in [0.15, 0.2) is 35.0 Å². The van der Waals surface area contributed by atoms with E-state index in [1.807, 2.05) is 14.1 Å². The van der Waals surface area contributed by atoms with E-state index in [9.17, 15) is 10.1 Å². The highest BCUT2D eigenvalue weighted by Gasteiger charge is 2.28. The van der Waals surface area contributed by atoms with Gasteiger partial charge in [0.25, 0.3) is 11.6 Å². The van der Waals surface area contributed by atoms with Crippen molar-refractivity contribution in [3.8, 4) is 0 Å². The summed E-state index contributed by atoms with van der Waals surface area (Å²) in [5.41, 5.74) is 1.61. The zero-order valence-corrected chi connectivity index (χ0v) is 15.2. The number of piperidine rings is 1. The Hall–Kier alpha value is -3.23. The van der Waals surface area contributed by atoms with Crippen LogP contribution in [0.25, 0.3) is 10.9 Å². The summed E-state index contributed by atoms with van der Waals surface area (Å²) >= 11 is 0. The van der Waals surface area contributed by atoms with E-state index in [0.717, 1.165) is 25.1 Å². The zero-order valence-electron chi connectivity index (χ0n) is 15.2. The monoisotopic (exact) mass is 368 g/mol. The summed E-state index contributed by atoms with van der Waals surface area (Å²) < 4.78 is 5.45. The molecule has 27 heavy (non-hydrogen) atoms. The van der Waals surface area contributed by atoms with E-state index in [-0.39, 0.29) is 16.5 Å². The largest absolute Gasteiger partial charge is 0.369 e. The van der Waals surface area contributed by atoms with Crippen LogP contribution in [0.2, 0.25) is 0 Å². The molecule has 9 nitrogen and oxygen atoms in total. The van der Waals surface area contributed by atoms with Crippen molar-refractivity contribution in [3.63, 3.8) is 0 Å². The average molecular weight is 368 g/mol. The summed E-state index contributed by atoms with van der Waals surface area (Å²) in [6.45, 7) is 1.56. The van der Waals surface area contributed by atoms with Gasteiger partial charge in [-0.25, -0.2) is 0 Å². The Morgan fingerprint density at radius 3 is 2.93 bits per heavy atom. The molecule has 1 fully saturated rings. The molecule has 3 heterocycles. The molecule has 4 rings (SSSR count). The van der Waals surface area contributed by atoms with Crippen LogP contribution in [0.5, 0.6) is 0 Å². The lowest BCUT2D eigenvalue weighted by molar-refractivity contribution is -0.383. The van der Waals surface area contributed by atoms with Gasteiger partial charge in [0, 0.05) is 39.4 Å². The fourth-order valence-electron chi connectivity index (χ4n) is 3.53. The first kappa shape index (κ1) is 17.2. The quantitative estimate of drug-likeness (QED) is 0.512. The third kappa shape index (κ3) is 3.16. The van der Waals surface area contributed by atoms with Crippen LogP contribution in [0, 0.1) is 10.1 Å². The Kier molecular flexibility index (Phi) is 4.35. The second-order valence-corrected chi connectivity index (χ2v) is 6.87. The number of hydrogen-bond donors (Lipinski definition) is 0. The maximum absolute atomic E-state index is 11.3. The molecule has 1 atom stereocenters. The Bertz CT molecular complexity index is 986. The molecule has 2 aromatic heterocycles. The normalized spacial score (nSPS) is 17.3. The van der Waals surface area contributed by atoms with E-state index in [1.54, 1.807) is 35.4 Å². The van der Waals surface area contributed by atoms with Gasteiger partial charge in [0.2, 0.25) is 5.89 Å². The number of nitrogens with zero attached hydrogens (tertiary/aromatic N) is 6. The first-order valence-corrected chi connectivity index (χ1v) is 8.82. The van der Waals surface area contributed by atoms with Crippen LogP contribution in [-0.2, 0) is 0 Å². The third-order valence-electron chi connectivity index (χ3n) is 4.86. The van der Waals surface area contributed by atoms with Gasteiger partial charge in [0.05, 0.1) is 21.9 Å². The third-order valence-corrected chi connectivity index (χ3v) is 4.86. The van der Waals surface area contributed by atoms with E-state index in [1.165, 1.54) is 0 Å². The average Bonchev–Trinajstić information content (AvgIpc) is 3.18.